The number of anilines is 1. The number of amides is 2. The van der Waals surface area contributed by atoms with Gasteiger partial charge in [0.05, 0.1) is 36.6 Å². The molecule has 0 aromatic heterocycles. The molecule has 0 bridgehead atoms. The Morgan fingerprint density at radius 3 is 2.28 bits per heavy atom. The summed E-state index contributed by atoms with van der Waals surface area (Å²) in [4.78, 5) is 41.8. The van der Waals surface area contributed by atoms with Gasteiger partial charge in [-0.15, -0.1) is 0 Å². The lowest BCUT2D eigenvalue weighted by molar-refractivity contribution is -0.121. The van der Waals surface area contributed by atoms with E-state index in [0.717, 1.165) is 4.90 Å². The SMILES string of the molecule is CCCOC(=O)c1ccc(N2C(=O)C(c3ccc(F)cc3)=C(N3CCOCC3)C2=O)cc1. The second-order valence-corrected chi connectivity index (χ2v) is 7.46. The summed E-state index contributed by atoms with van der Waals surface area (Å²) >= 11 is 0. The molecule has 2 heterocycles. The van der Waals surface area contributed by atoms with Crippen LogP contribution in [0.4, 0.5) is 10.1 Å². The van der Waals surface area contributed by atoms with Gasteiger partial charge in [0, 0.05) is 13.1 Å². The van der Waals surface area contributed by atoms with E-state index in [1.807, 2.05) is 11.8 Å². The van der Waals surface area contributed by atoms with Crippen LogP contribution in [0.15, 0.2) is 54.2 Å². The number of halogens is 1. The van der Waals surface area contributed by atoms with E-state index in [0.29, 0.717) is 56.1 Å². The van der Waals surface area contributed by atoms with Gasteiger partial charge < -0.3 is 14.4 Å². The Morgan fingerprint density at radius 1 is 1.00 bits per heavy atom. The van der Waals surface area contributed by atoms with Crippen LogP contribution in [0.1, 0.15) is 29.3 Å². The van der Waals surface area contributed by atoms with Crippen molar-refractivity contribution in [2.24, 2.45) is 0 Å². The normalized spacial score (nSPS) is 16.7. The zero-order valence-corrected chi connectivity index (χ0v) is 17.7. The maximum atomic E-state index is 13.5. The summed E-state index contributed by atoms with van der Waals surface area (Å²) in [5, 5.41) is 0. The van der Waals surface area contributed by atoms with Crippen molar-refractivity contribution >= 4 is 29.0 Å². The molecular formula is C24H23FN2O5. The Balaban J connectivity index is 1.68. The summed E-state index contributed by atoms with van der Waals surface area (Å²) in [6, 6.07) is 11.6. The zero-order valence-electron chi connectivity index (χ0n) is 17.7. The van der Waals surface area contributed by atoms with E-state index >= 15 is 0 Å². The Labute approximate surface area is 185 Å². The molecule has 4 rings (SSSR count). The minimum absolute atomic E-state index is 0.225. The molecule has 8 heteroatoms. The fraction of sp³-hybridized carbons (Fsp3) is 0.292. The van der Waals surface area contributed by atoms with Crippen molar-refractivity contribution in [2.75, 3.05) is 37.8 Å². The van der Waals surface area contributed by atoms with Gasteiger partial charge in [0.2, 0.25) is 0 Å². The minimum Gasteiger partial charge on any atom is -0.462 e. The second-order valence-electron chi connectivity index (χ2n) is 7.46. The molecule has 2 aliphatic heterocycles. The van der Waals surface area contributed by atoms with Gasteiger partial charge in [-0.25, -0.2) is 14.1 Å². The molecule has 2 aliphatic rings. The smallest absolute Gasteiger partial charge is 0.338 e. The first-order valence-electron chi connectivity index (χ1n) is 10.5. The largest absolute Gasteiger partial charge is 0.462 e. The van der Waals surface area contributed by atoms with Crippen LogP contribution in [0.25, 0.3) is 5.57 Å². The number of nitrogens with zero attached hydrogens (tertiary/aromatic N) is 2. The number of carbonyl (C=O) groups is 3. The molecule has 1 fully saturated rings. The van der Waals surface area contributed by atoms with Crippen LogP contribution in [0.2, 0.25) is 0 Å². The third kappa shape index (κ3) is 4.13. The van der Waals surface area contributed by atoms with Gasteiger partial charge in [-0.3, -0.25) is 9.59 Å². The summed E-state index contributed by atoms with van der Waals surface area (Å²) in [6.07, 6.45) is 0.711. The van der Waals surface area contributed by atoms with Gasteiger partial charge in [0.25, 0.3) is 11.8 Å². The van der Waals surface area contributed by atoms with Crippen molar-refractivity contribution in [2.45, 2.75) is 13.3 Å². The number of benzene rings is 2. The molecule has 0 aliphatic carbocycles. The molecule has 2 aromatic rings. The number of carbonyl (C=O) groups excluding carboxylic acids is 3. The summed E-state index contributed by atoms with van der Waals surface area (Å²) in [5.74, 6) is -1.85. The molecule has 7 nitrogen and oxygen atoms in total. The fourth-order valence-electron chi connectivity index (χ4n) is 3.73. The number of hydrogen-bond acceptors (Lipinski definition) is 6. The highest BCUT2D eigenvalue weighted by Gasteiger charge is 2.42. The van der Waals surface area contributed by atoms with Crippen LogP contribution in [0.5, 0.6) is 0 Å². The highest BCUT2D eigenvalue weighted by Crippen LogP contribution is 2.35. The molecule has 32 heavy (non-hydrogen) atoms. The van der Waals surface area contributed by atoms with Crippen LogP contribution in [-0.2, 0) is 19.1 Å². The highest BCUT2D eigenvalue weighted by molar-refractivity contribution is 6.45. The molecule has 1 saturated heterocycles. The summed E-state index contributed by atoms with van der Waals surface area (Å²) in [7, 11) is 0. The van der Waals surface area contributed by atoms with Crippen molar-refractivity contribution in [1.29, 1.82) is 0 Å². The van der Waals surface area contributed by atoms with Crippen molar-refractivity contribution in [3.8, 4) is 0 Å². The summed E-state index contributed by atoms with van der Waals surface area (Å²) in [6.45, 7) is 4.03. The first kappa shape index (κ1) is 21.7. The van der Waals surface area contributed by atoms with Crippen molar-refractivity contribution in [3.63, 3.8) is 0 Å². The molecule has 0 saturated carbocycles. The van der Waals surface area contributed by atoms with E-state index in [2.05, 4.69) is 0 Å². The molecular weight excluding hydrogens is 415 g/mol. The first-order chi connectivity index (χ1) is 15.5. The lowest BCUT2D eigenvalue weighted by Gasteiger charge is -2.29. The Bertz CT molecular complexity index is 1060. The van der Waals surface area contributed by atoms with Gasteiger partial charge >= 0.3 is 5.97 Å². The van der Waals surface area contributed by atoms with Crippen molar-refractivity contribution < 1.29 is 28.2 Å². The zero-order chi connectivity index (χ0) is 22.7. The van der Waals surface area contributed by atoms with Gasteiger partial charge in [0.1, 0.15) is 11.5 Å². The van der Waals surface area contributed by atoms with E-state index in [4.69, 9.17) is 9.47 Å². The predicted octanol–water partition coefficient (Wildman–Crippen LogP) is 3.01. The average Bonchev–Trinajstić information content (AvgIpc) is 3.08. The standard InChI is InChI=1S/C24H23FN2O5/c1-2-13-32-24(30)17-5-9-19(10-6-17)27-22(28)20(16-3-7-18(25)8-4-16)21(23(27)29)26-11-14-31-15-12-26/h3-10H,2,11-15H2,1H3. The molecule has 2 aromatic carbocycles. The number of esters is 1. The van der Waals surface area contributed by atoms with Crippen LogP contribution >= 0.6 is 0 Å². The Hall–Kier alpha value is -3.52. The number of imide groups is 1. The topological polar surface area (TPSA) is 76.2 Å². The Morgan fingerprint density at radius 2 is 1.66 bits per heavy atom. The third-order valence-electron chi connectivity index (χ3n) is 5.32. The first-order valence-corrected chi connectivity index (χ1v) is 10.5. The molecule has 0 N–H and O–H groups in total. The minimum atomic E-state index is -0.496. The van der Waals surface area contributed by atoms with E-state index < -0.39 is 23.6 Å². The van der Waals surface area contributed by atoms with Crippen LogP contribution in [-0.4, -0.2) is 55.6 Å². The summed E-state index contributed by atoms with van der Waals surface area (Å²) in [5.41, 5.74) is 1.64. The number of morpholine rings is 1. The maximum Gasteiger partial charge on any atom is 0.338 e. The maximum absolute atomic E-state index is 13.5. The third-order valence-corrected chi connectivity index (χ3v) is 5.32. The van der Waals surface area contributed by atoms with E-state index in [1.54, 1.807) is 12.1 Å². The monoisotopic (exact) mass is 438 g/mol. The van der Waals surface area contributed by atoms with Gasteiger partial charge in [-0.05, 0) is 48.4 Å². The lowest BCUT2D eigenvalue weighted by Crippen LogP contribution is -2.40. The Kier molecular flexibility index (Phi) is 6.32. The van der Waals surface area contributed by atoms with Crippen LogP contribution < -0.4 is 4.90 Å². The molecule has 0 unspecified atom stereocenters. The van der Waals surface area contributed by atoms with Gasteiger partial charge in [0.15, 0.2) is 0 Å². The quantitative estimate of drug-likeness (QED) is 0.510. The molecule has 2 amide bonds. The van der Waals surface area contributed by atoms with Crippen molar-refractivity contribution in [3.05, 3.63) is 71.2 Å². The summed E-state index contributed by atoms with van der Waals surface area (Å²) < 4.78 is 24.0. The number of hydrogen-bond donors (Lipinski definition) is 0. The van der Waals surface area contributed by atoms with E-state index in [9.17, 15) is 18.8 Å². The van der Waals surface area contributed by atoms with Crippen molar-refractivity contribution in [1.82, 2.24) is 4.90 Å². The molecule has 0 atom stereocenters. The van der Waals surface area contributed by atoms with E-state index in [1.165, 1.54) is 36.4 Å². The second kappa shape index (κ2) is 9.32. The molecule has 0 radical (unpaired) electrons. The predicted molar refractivity (Wildman–Crippen MR) is 115 cm³/mol. The van der Waals surface area contributed by atoms with Gasteiger partial charge in [-0.2, -0.15) is 0 Å². The fourth-order valence-corrected chi connectivity index (χ4v) is 3.73. The number of rotatable bonds is 6. The van der Waals surface area contributed by atoms with Crippen LogP contribution in [0, 0.1) is 5.82 Å². The highest BCUT2D eigenvalue weighted by atomic mass is 19.1. The molecule has 0 spiro atoms. The average molecular weight is 438 g/mol. The molecule has 166 valence electrons. The van der Waals surface area contributed by atoms with Gasteiger partial charge in [-0.1, -0.05) is 19.1 Å². The number of ether oxygens (including phenoxy) is 2. The van der Waals surface area contributed by atoms with Crippen LogP contribution in [0.3, 0.4) is 0 Å². The lowest BCUT2D eigenvalue weighted by atomic mass is 10.0. The van der Waals surface area contributed by atoms with E-state index in [-0.39, 0.29) is 11.3 Å².